The third-order valence-corrected chi connectivity index (χ3v) is 6.67. The number of aliphatic hydroxyl groups excluding tert-OH is 1. The molecule has 1 N–H and O–H groups in total. The monoisotopic (exact) mass is 386 g/mol. The smallest absolute Gasteiger partial charge is 0.107 e. The highest BCUT2D eigenvalue weighted by molar-refractivity contribution is 7.09. The highest BCUT2D eigenvalue weighted by atomic mass is 32.1. The number of benzene rings is 1. The number of aromatic nitrogens is 1. The van der Waals surface area contributed by atoms with Gasteiger partial charge in [-0.15, -0.1) is 11.3 Å². The second-order valence-electron chi connectivity index (χ2n) is 7.70. The van der Waals surface area contributed by atoms with Gasteiger partial charge in [-0.25, -0.2) is 4.98 Å². The number of β-amino-alcohol motifs (C(OH)–C–C–N with tert-alkyl or cyclic N) is 1. The van der Waals surface area contributed by atoms with Crippen molar-refractivity contribution in [1.29, 1.82) is 0 Å². The molecule has 1 aromatic carbocycles. The molecule has 2 saturated heterocycles. The van der Waals surface area contributed by atoms with E-state index in [-0.39, 0.29) is 6.10 Å². The maximum absolute atomic E-state index is 10.7. The average molecular weight is 387 g/mol. The summed E-state index contributed by atoms with van der Waals surface area (Å²) in [7, 11) is 0. The molecule has 0 radical (unpaired) electrons. The van der Waals surface area contributed by atoms with E-state index in [0.717, 1.165) is 70.2 Å². The summed E-state index contributed by atoms with van der Waals surface area (Å²) in [4.78, 5) is 11.8. The fraction of sp³-hybridized carbons (Fsp3) is 0.571. The maximum Gasteiger partial charge on any atom is 0.107 e. The first kappa shape index (κ1) is 19.0. The maximum atomic E-state index is 10.7. The molecule has 0 amide bonds. The van der Waals surface area contributed by atoms with Crippen LogP contribution in [0.5, 0.6) is 0 Å². The molecule has 146 valence electrons. The number of likely N-dealkylation sites (tertiary alicyclic amines) is 1. The molecule has 5 nitrogen and oxygen atoms in total. The van der Waals surface area contributed by atoms with Crippen LogP contribution in [0.2, 0.25) is 0 Å². The Bertz CT molecular complexity index is 673. The van der Waals surface area contributed by atoms with E-state index in [4.69, 9.17) is 0 Å². The van der Waals surface area contributed by atoms with Gasteiger partial charge in [-0.1, -0.05) is 30.3 Å². The summed E-state index contributed by atoms with van der Waals surface area (Å²) >= 11 is 1.70. The minimum absolute atomic E-state index is 0.255. The van der Waals surface area contributed by atoms with Crippen molar-refractivity contribution in [2.75, 3.05) is 45.8 Å². The summed E-state index contributed by atoms with van der Waals surface area (Å²) in [6.45, 7) is 8.18. The molecule has 2 aromatic rings. The van der Waals surface area contributed by atoms with Crippen molar-refractivity contribution < 1.29 is 5.11 Å². The zero-order chi connectivity index (χ0) is 18.5. The zero-order valence-electron chi connectivity index (χ0n) is 15.9. The number of hydrogen-bond acceptors (Lipinski definition) is 6. The second kappa shape index (κ2) is 9.26. The Morgan fingerprint density at radius 3 is 2.56 bits per heavy atom. The lowest BCUT2D eigenvalue weighted by molar-refractivity contribution is -0.0307. The van der Waals surface area contributed by atoms with Crippen LogP contribution in [-0.4, -0.2) is 82.7 Å². The molecule has 27 heavy (non-hydrogen) atoms. The molecule has 6 heteroatoms. The molecule has 3 heterocycles. The summed E-state index contributed by atoms with van der Waals surface area (Å²) in [5.74, 6) is 0. The van der Waals surface area contributed by atoms with E-state index in [1.54, 1.807) is 11.3 Å². The van der Waals surface area contributed by atoms with E-state index in [9.17, 15) is 5.11 Å². The molecule has 2 fully saturated rings. The van der Waals surface area contributed by atoms with E-state index in [0.29, 0.717) is 6.04 Å². The number of aliphatic hydroxyl groups is 1. The van der Waals surface area contributed by atoms with Crippen LogP contribution in [0.25, 0.3) is 0 Å². The van der Waals surface area contributed by atoms with Crippen molar-refractivity contribution in [1.82, 2.24) is 19.7 Å². The van der Waals surface area contributed by atoms with E-state index in [2.05, 4.69) is 50.0 Å². The molecule has 2 aliphatic heterocycles. The molecule has 2 aliphatic rings. The topological polar surface area (TPSA) is 42.8 Å². The first-order valence-corrected chi connectivity index (χ1v) is 10.9. The molecule has 1 aromatic heterocycles. The lowest BCUT2D eigenvalue weighted by Gasteiger charge is -2.45. The number of rotatable bonds is 6. The zero-order valence-corrected chi connectivity index (χ0v) is 16.7. The molecule has 2 atom stereocenters. The first-order valence-electron chi connectivity index (χ1n) is 10.1. The van der Waals surface area contributed by atoms with Crippen LogP contribution in [0.15, 0.2) is 41.9 Å². The largest absolute Gasteiger partial charge is 0.390 e. The van der Waals surface area contributed by atoms with E-state index < -0.39 is 0 Å². The predicted molar refractivity (Wildman–Crippen MR) is 110 cm³/mol. The van der Waals surface area contributed by atoms with Crippen LogP contribution >= 0.6 is 11.3 Å². The predicted octanol–water partition coefficient (Wildman–Crippen LogP) is 1.94. The first-order chi connectivity index (χ1) is 13.3. The summed E-state index contributed by atoms with van der Waals surface area (Å²) in [6, 6.07) is 11.1. The highest BCUT2D eigenvalue weighted by Crippen LogP contribution is 2.21. The Kier molecular flexibility index (Phi) is 6.52. The van der Waals surface area contributed by atoms with Gasteiger partial charge in [0.1, 0.15) is 5.01 Å². The van der Waals surface area contributed by atoms with Crippen molar-refractivity contribution in [3.8, 4) is 0 Å². The number of piperazine rings is 1. The van der Waals surface area contributed by atoms with Crippen molar-refractivity contribution in [3.05, 3.63) is 52.5 Å². The third-order valence-electron chi connectivity index (χ3n) is 5.91. The fourth-order valence-corrected chi connectivity index (χ4v) is 4.98. The van der Waals surface area contributed by atoms with Gasteiger partial charge in [-0.2, -0.15) is 0 Å². The highest BCUT2D eigenvalue weighted by Gasteiger charge is 2.33. The Hall–Kier alpha value is -1.31. The van der Waals surface area contributed by atoms with Crippen LogP contribution in [0, 0.1) is 0 Å². The van der Waals surface area contributed by atoms with Gasteiger partial charge in [0.25, 0.3) is 0 Å². The Balaban J connectivity index is 1.20. The molecule has 0 unspecified atom stereocenters. The van der Waals surface area contributed by atoms with Crippen LogP contribution in [0.3, 0.4) is 0 Å². The molecule has 4 rings (SSSR count). The van der Waals surface area contributed by atoms with E-state index in [1.165, 1.54) is 5.56 Å². The Morgan fingerprint density at radius 2 is 1.85 bits per heavy atom. The number of nitrogens with zero attached hydrogens (tertiary/aromatic N) is 4. The van der Waals surface area contributed by atoms with Crippen molar-refractivity contribution in [3.63, 3.8) is 0 Å². The quantitative estimate of drug-likeness (QED) is 0.822. The van der Waals surface area contributed by atoms with Crippen LogP contribution in [0.4, 0.5) is 0 Å². The fourth-order valence-electron chi connectivity index (χ4n) is 4.33. The number of piperidine rings is 1. The molecule has 0 bridgehead atoms. The molecular formula is C21H30N4OS. The standard InChI is InChI=1S/C21H30N4OS/c26-20-16-24(17-21-22-8-15-27-21)10-7-19(20)25-13-11-23(12-14-25)9-6-18-4-2-1-3-5-18/h1-5,8,15,19-20,26H,6-7,9-14,16-17H2/t19-,20-/m1/s1. The molecule has 0 spiro atoms. The molecule has 0 saturated carbocycles. The van der Waals surface area contributed by atoms with Gasteiger partial charge in [0.15, 0.2) is 0 Å². The van der Waals surface area contributed by atoms with Gasteiger partial charge < -0.3 is 10.0 Å². The van der Waals surface area contributed by atoms with E-state index >= 15 is 0 Å². The Labute approximate surface area is 166 Å². The van der Waals surface area contributed by atoms with E-state index in [1.807, 2.05) is 11.6 Å². The Morgan fingerprint density at radius 1 is 1.04 bits per heavy atom. The van der Waals surface area contributed by atoms with Gasteiger partial charge >= 0.3 is 0 Å². The minimum Gasteiger partial charge on any atom is -0.390 e. The summed E-state index contributed by atoms with van der Waals surface area (Å²) in [5.41, 5.74) is 1.42. The van der Waals surface area contributed by atoms with Gasteiger partial charge in [0, 0.05) is 63.4 Å². The summed E-state index contributed by atoms with van der Waals surface area (Å²) < 4.78 is 0. The lowest BCUT2D eigenvalue weighted by Crippen LogP contribution is -2.58. The molecular weight excluding hydrogens is 356 g/mol. The van der Waals surface area contributed by atoms with Crippen LogP contribution in [-0.2, 0) is 13.0 Å². The van der Waals surface area contributed by atoms with Gasteiger partial charge in [-0.3, -0.25) is 9.80 Å². The molecule has 0 aliphatic carbocycles. The van der Waals surface area contributed by atoms with Gasteiger partial charge in [-0.05, 0) is 18.4 Å². The normalized spacial score (nSPS) is 25.7. The van der Waals surface area contributed by atoms with Crippen molar-refractivity contribution in [2.45, 2.75) is 31.5 Å². The SMILES string of the molecule is O[C@@H]1CN(Cc2nccs2)CC[C@H]1N1CCN(CCc2ccccc2)CC1. The summed E-state index contributed by atoms with van der Waals surface area (Å²) in [5, 5.41) is 13.9. The number of thiazole rings is 1. The van der Waals surface area contributed by atoms with Crippen LogP contribution < -0.4 is 0 Å². The summed E-state index contributed by atoms with van der Waals surface area (Å²) in [6.07, 6.45) is 3.78. The lowest BCUT2D eigenvalue weighted by atomic mass is 9.99. The second-order valence-corrected chi connectivity index (χ2v) is 8.68. The third kappa shape index (κ3) is 5.15. The average Bonchev–Trinajstić information content (AvgIpc) is 3.21. The van der Waals surface area contributed by atoms with Crippen LogP contribution in [0.1, 0.15) is 17.0 Å². The van der Waals surface area contributed by atoms with Crippen molar-refractivity contribution in [2.24, 2.45) is 0 Å². The van der Waals surface area contributed by atoms with Gasteiger partial charge in [0.05, 0.1) is 12.6 Å². The van der Waals surface area contributed by atoms with Gasteiger partial charge in [0.2, 0.25) is 0 Å². The van der Waals surface area contributed by atoms with Crippen molar-refractivity contribution >= 4 is 11.3 Å². The number of hydrogen-bond donors (Lipinski definition) is 1. The minimum atomic E-state index is -0.255.